The number of hydrogen-bond acceptors (Lipinski definition) is 5. The van der Waals surface area contributed by atoms with Crippen LogP contribution in [0.25, 0.3) is 0 Å². The van der Waals surface area contributed by atoms with Crippen molar-refractivity contribution in [2.75, 3.05) is 31.0 Å². The van der Waals surface area contributed by atoms with Crippen molar-refractivity contribution in [2.45, 2.75) is 12.8 Å². The lowest BCUT2D eigenvalue weighted by atomic mass is 9.99. The summed E-state index contributed by atoms with van der Waals surface area (Å²) in [6, 6.07) is 5.35. The number of nitrogens with one attached hydrogen (secondary N) is 1. The van der Waals surface area contributed by atoms with E-state index in [4.69, 9.17) is 15.6 Å². The first-order valence-corrected chi connectivity index (χ1v) is 8.86. The van der Waals surface area contributed by atoms with Crippen LogP contribution in [0.15, 0.2) is 22.6 Å². The number of carbonyl (C=O) groups excluding carboxylic acids is 1. The monoisotopic (exact) mass is 352 g/mol. The molecule has 0 aliphatic carbocycles. The number of rotatable bonds is 4. The quantitative estimate of drug-likeness (QED) is 0.705. The van der Waals surface area contributed by atoms with Gasteiger partial charge in [0, 0.05) is 19.0 Å². The lowest BCUT2D eigenvalue weighted by Gasteiger charge is -2.32. The number of aliphatic hydroxyl groups excluding tert-OH is 1. The van der Waals surface area contributed by atoms with E-state index in [1.54, 1.807) is 23.1 Å². The summed E-state index contributed by atoms with van der Waals surface area (Å²) >= 11 is -1.57. The molecule has 0 radical (unpaired) electrons. The first-order chi connectivity index (χ1) is 11.6. The molecule has 2 atom stereocenters. The maximum Gasteiger partial charge on any atom is 0.248 e. The predicted molar refractivity (Wildman–Crippen MR) is 90.8 cm³/mol. The van der Waals surface area contributed by atoms with Gasteiger partial charge in [0.15, 0.2) is 0 Å². The highest BCUT2D eigenvalue weighted by atomic mass is 32.2. The highest BCUT2D eigenvalue weighted by Crippen LogP contribution is 2.30. The molecule has 1 saturated heterocycles. The molecular weight excluding hydrogens is 332 g/mol. The standard InChI is InChI=1S/C15H20N4O4S/c16-15-14-11(17-24(22)18-15)4-1-5-12(14)23-9-10-3-2-6-19(7-10)13(21)8-20/h1,4-5,10,17,20H,2-3,6-9H2,(H2,16,18). The summed E-state index contributed by atoms with van der Waals surface area (Å²) < 4.78 is 24.0. The lowest BCUT2D eigenvalue weighted by Crippen LogP contribution is -2.42. The zero-order valence-electron chi connectivity index (χ0n) is 13.1. The number of amides is 1. The van der Waals surface area contributed by atoms with Crippen LogP contribution in [-0.4, -0.2) is 52.3 Å². The van der Waals surface area contributed by atoms with Crippen LogP contribution in [0, 0.1) is 5.92 Å². The number of ether oxygens (including phenoxy) is 1. The van der Waals surface area contributed by atoms with Crippen molar-refractivity contribution in [1.82, 2.24) is 4.90 Å². The Hall–Kier alpha value is -2.13. The number of carbonyl (C=O) groups is 1. The van der Waals surface area contributed by atoms with E-state index in [0.29, 0.717) is 36.7 Å². The molecular formula is C15H20N4O4S. The minimum Gasteiger partial charge on any atom is -0.492 e. The Morgan fingerprint density at radius 2 is 2.38 bits per heavy atom. The molecule has 2 unspecified atom stereocenters. The van der Waals surface area contributed by atoms with Crippen LogP contribution in [0.2, 0.25) is 0 Å². The minimum absolute atomic E-state index is 0.179. The van der Waals surface area contributed by atoms with Crippen LogP contribution in [0.3, 0.4) is 0 Å². The molecule has 130 valence electrons. The molecule has 0 saturated carbocycles. The molecule has 1 amide bonds. The fourth-order valence-corrected chi connectivity index (χ4v) is 3.66. The van der Waals surface area contributed by atoms with Crippen molar-refractivity contribution in [3.63, 3.8) is 0 Å². The molecule has 0 aromatic heterocycles. The highest BCUT2D eigenvalue weighted by molar-refractivity contribution is 7.85. The summed E-state index contributed by atoms with van der Waals surface area (Å²) in [7, 11) is 0. The highest BCUT2D eigenvalue weighted by Gasteiger charge is 2.25. The van der Waals surface area contributed by atoms with Crippen LogP contribution >= 0.6 is 0 Å². The summed E-state index contributed by atoms with van der Waals surface area (Å²) in [5.41, 5.74) is 7.11. The number of aliphatic hydroxyl groups is 1. The molecule has 3 rings (SSSR count). The van der Waals surface area contributed by atoms with Crippen LogP contribution in [0.1, 0.15) is 18.4 Å². The zero-order chi connectivity index (χ0) is 17.1. The van der Waals surface area contributed by atoms with Crippen LogP contribution in [0.4, 0.5) is 5.69 Å². The van der Waals surface area contributed by atoms with Gasteiger partial charge in [-0.05, 0) is 25.0 Å². The summed E-state index contributed by atoms with van der Waals surface area (Å²) in [6.07, 6.45) is 1.84. The molecule has 4 N–H and O–H groups in total. The first kappa shape index (κ1) is 16.7. The van der Waals surface area contributed by atoms with Gasteiger partial charge in [0.1, 0.15) is 18.2 Å². The smallest absolute Gasteiger partial charge is 0.248 e. The second-order valence-electron chi connectivity index (χ2n) is 5.82. The maximum atomic E-state index is 11.6. The van der Waals surface area contributed by atoms with Crippen molar-refractivity contribution in [3.05, 3.63) is 23.8 Å². The van der Waals surface area contributed by atoms with E-state index >= 15 is 0 Å². The molecule has 9 heteroatoms. The average molecular weight is 352 g/mol. The van der Waals surface area contributed by atoms with Crippen molar-refractivity contribution in [2.24, 2.45) is 16.0 Å². The largest absolute Gasteiger partial charge is 0.492 e. The van der Waals surface area contributed by atoms with Crippen molar-refractivity contribution < 1.29 is 18.8 Å². The minimum atomic E-state index is -1.57. The Labute approximate surface area is 142 Å². The molecule has 0 bridgehead atoms. The Balaban J connectivity index is 1.68. The number of hydrogen-bond donors (Lipinski definition) is 3. The first-order valence-electron chi connectivity index (χ1n) is 7.76. The zero-order valence-corrected chi connectivity index (χ0v) is 13.9. The maximum absolute atomic E-state index is 11.6. The molecule has 2 aliphatic rings. The summed E-state index contributed by atoms with van der Waals surface area (Å²) in [6.45, 7) is 1.21. The fourth-order valence-electron chi connectivity index (χ4n) is 2.99. The Bertz CT molecular complexity index is 694. The van der Waals surface area contributed by atoms with Gasteiger partial charge in [-0.1, -0.05) is 6.07 Å². The van der Waals surface area contributed by atoms with Crippen LogP contribution in [0.5, 0.6) is 5.75 Å². The van der Waals surface area contributed by atoms with E-state index in [1.165, 1.54) is 0 Å². The van der Waals surface area contributed by atoms with Gasteiger partial charge < -0.3 is 20.5 Å². The molecule has 0 spiro atoms. The third-order valence-corrected chi connectivity index (χ3v) is 4.90. The SMILES string of the molecule is NC1=NS(=O)Nc2cccc(OCC3CCCN(C(=O)CO)C3)c21. The molecule has 1 aromatic rings. The lowest BCUT2D eigenvalue weighted by molar-refractivity contribution is -0.136. The van der Waals surface area contributed by atoms with Gasteiger partial charge in [0.25, 0.3) is 0 Å². The molecule has 2 heterocycles. The van der Waals surface area contributed by atoms with Crippen molar-refractivity contribution in [3.8, 4) is 5.75 Å². The second kappa shape index (κ2) is 7.18. The topological polar surface area (TPSA) is 117 Å². The summed E-state index contributed by atoms with van der Waals surface area (Å²) in [5, 5.41) is 8.98. The number of nitrogens with two attached hydrogens (primary N) is 1. The van der Waals surface area contributed by atoms with E-state index < -0.39 is 17.8 Å². The third kappa shape index (κ3) is 3.51. The van der Waals surface area contributed by atoms with E-state index in [1.807, 2.05) is 0 Å². The molecule has 1 aromatic carbocycles. The fraction of sp³-hybridized carbons (Fsp3) is 0.467. The van der Waals surface area contributed by atoms with Gasteiger partial charge in [-0.2, -0.15) is 4.40 Å². The van der Waals surface area contributed by atoms with Crippen LogP contribution in [-0.2, 0) is 16.0 Å². The molecule has 2 aliphatic heterocycles. The Morgan fingerprint density at radius 3 is 3.17 bits per heavy atom. The van der Waals surface area contributed by atoms with E-state index in [9.17, 15) is 9.00 Å². The molecule has 24 heavy (non-hydrogen) atoms. The number of amidine groups is 1. The predicted octanol–water partition coefficient (Wildman–Crippen LogP) is 0.00580. The molecule has 8 nitrogen and oxygen atoms in total. The number of benzene rings is 1. The average Bonchev–Trinajstić information content (AvgIpc) is 2.59. The normalized spacial score (nSPS) is 23.0. The van der Waals surface area contributed by atoms with Crippen LogP contribution < -0.4 is 15.2 Å². The van der Waals surface area contributed by atoms with Gasteiger partial charge in [0.05, 0.1) is 17.9 Å². The van der Waals surface area contributed by atoms with Gasteiger partial charge >= 0.3 is 0 Å². The number of likely N-dealkylation sites (tertiary alicyclic amines) is 1. The van der Waals surface area contributed by atoms with Crippen molar-refractivity contribution >= 4 is 28.6 Å². The van der Waals surface area contributed by atoms with Gasteiger partial charge in [-0.15, -0.1) is 0 Å². The number of anilines is 1. The van der Waals surface area contributed by atoms with Crippen molar-refractivity contribution in [1.29, 1.82) is 0 Å². The number of nitrogens with zero attached hydrogens (tertiary/aromatic N) is 2. The Morgan fingerprint density at radius 1 is 1.54 bits per heavy atom. The van der Waals surface area contributed by atoms with Gasteiger partial charge in [-0.25, -0.2) is 4.21 Å². The molecule has 1 fully saturated rings. The van der Waals surface area contributed by atoms with E-state index in [-0.39, 0.29) is 17.7 Å². The van der Waals surface area contributed by atoms with E-state index in [2.05, 4.69) is 9.12 Å². The number of fused-ring (bicyclic) bond motifs is 1. The van der Waals surface area contributed by atoms with Gasteiger partial charge in [0.2, 0.25) is 17.1 Å². The van der Waals surface area contributed by atoms with Gasteiger partial charge in [-0.3, -0.25) is 9.52 Å². The number of piperidine rings is 1. The second-order valence-corrected chi connectivity index (χ2v) is 6.71. The third-order valence-electron chi connectivity index (χ3n) is 4.14. The summed E-state index contributed by atoms with van der Waals surface area (Å²) in [4.78, 5) is 13.3. The van der Waals surface area contributed by atoms with E-state index in [0.717, 1.165) is 12.8 Å². The summed E-state index contributed by atoms with van der Waals surface area (Å²) in [5.74, 6) is 0.691. The Kier molecular flexibility index (Phi) is 5.00.